The fourth-order valence-corrected chi connectivity index (χ4v) is 8.53. The summed E-state index contributed by atoms with van der Waals surface area (Å²) in [6.07, 6.45) is 7.88. The number of nitrogens with two attached hydrogens (primary N) is 1. The maximum atomic E-state index is 13.4. The Hall–Kier alpha value is -2.36. The summed E-state index contributed by atoms with van der Waals surface area (Å²) in [6, 6.07) is 6.25. The molecule has 2 N–H and O–H groups in total. The maximum absolute atomic E-state index is 13.4. The zero-order valence-corrected chi connectivity index (χ0v) is 20.6. The Labute approximate surface area is 195 Å². The monoisotopic (exact) mass is 466 g/mol. The number of aliphatic imine (C=N–C) groups is 1. The highest BCUT2D eigenvalue weighted by molar-refractivity contribution is 7.93. The molecule has 2 heterocycles. The van der Waals surface area contributed by atoms with E-state index < -0.39 is 20.1 Å². The van der Waals surface area contributed by atoms with Gasteiger partial charge in [-0.2, -0.15) is 0 Å². The van der Waals surface area contributed by atoms with Crippen LogP contribution in [0.15, 0.2) is 41.4 Å². The molecule has 1 aromatic heterocycles. The van der Waals surface area contributed by atoms with Gasteiger partial charge in [-0.15, -0.1) is 17.3 Å². The highest BCUT2D eigenvalue weighted by Crippen LogP contribution is 2.43. The van der Waals surface area contributed by atoms with Crippen molar-refractivity contribution in [2.45, 2.75) is 63.2 Å². The second-order valence-corrected chi connectivity index (χ2v) is 12.5. The van der Waals surface area contributed by atoms with Gasteiger partial charge in [0.2, 0.25) is 0 Å². The highest BCUT2D eigenvalue weighted by Gasteiger charge is 2.54. The van der Waals surface area contributed by atoms with Crippen LogP contribution in [0.1, 0.15) is 62.0 Å². The van der Waals surface area contributed by atoms with Crippen molar-refractivity contribution < 1.29 is 8.42 Å². The highest BCUT2D eigenvalue weighted by atomic mass is 32.2. The molecule has 1 aliphatic heterocycles. The second-order valence-electron chi connectivity index (χ2n) is 9.12. The van der Waals surface area contributed by atoms with Crippen LogP contribution in [0, 0.1) is 18.8 Å². The average Bonchev–Trinajstić information content (AvgIpc) is 3.06. The summed E-state index contributed by atoms with van der Waals surface area (Å²) in [5, 5.41) is 1.19. The number of thiophene rings is 1. The zero-order chi connectivity index (χ0) is 23.1. The topological polar surface area (TPSA) is 72.5 Å². The van der Waals surface area contributed by atoms with Crippen LogP contribution in [0.5, 0.6) is 0 Å². The van der Waals surface area contributed by atoms with E-state index in [0.717, 1.165) is 29.7 Å². The second kappa shape index (κ2) is 8.20. The summed E-state index contributed by atoms with van der Waals surface area (Å²) in [5.74, 6) is 6.27. The lowest BCUT2D eigenvalue weighted by Crippen LogP contribution is -2.60. The largest absolute Gasteiger partial charge is 0.386 e. The number of nitrogens with zero attached hydrogens (tertiary/aromatic N) is 1. The van der Waals surface area contributed by atoms with Crippen molar-refractivity contribution >= 4 is 43.2 Å². The standard InChI is InChI=1S/C26H30N2O2S2/c1-5-9-20-11-13-23-21(16-20)19(3)22(31-23)12-10-18(2)25(4)17-32(29,30)26(24(27)28-25)14-7-6-8-15-26/h10-13,16H,2,6-8,14-15,17H2,1,3-4H3,(H2,27,28)/b12-10-/t25-/m0/s1. The molecule has 0 saturated heterocycles. The molecule has 168 valence electrons. The first-order valence-corrected chi connectivity index (χ1v) is 13.5. The molecule has 1 aromatic carbocycles. The summed E-state index contributed by atoms with van der Waals surface area (Å²) >= 11 is 1.70. The van der Waals surface area contributed by atoms with Crippen molar-refractivity contribution in [3.8, 4) is 11.8 Å². The minimum Gasteiger partial charge on any atom is -0.386 e. The van der Waals surface area contributed by atoms with E-state index in [9.17, 15) is 8.42 Å². The quantitative estimate of drug-likeness (QED) is 0.486. The van der Waals surface area contributed by atoms with Gasteiger partial charge in [-0.05, 0) is 74.4 Å². The molecule has 0 radical (unpaired) electrons. The Kier molecular flexibility index (Phi) is 5.85. The van der Waals surface area contributed by atoms with Gasteiger partial charge in [0.15, 0.2) is 9.84 Å². The maximum Gasteiger partial charge on any atom is 0.165 e. The third kappa shape index (κ3) is 3.72. The lowest BCUT2D eigenvalue weighted by molar-refractivity contribution is 0.422. The van der Waals surface area contributed by atoms with Crippen LogP contribution < -0.4 is 5.73 Å². The van der Waals surface area contributed by atoms with Crippen LogP contribution in [-0.4, -0.2) is 30.3 Å². The first-order valence-electron chi connectivity index (χ1n) is 11.0. The van der Waals surface area contributed by atoms with Crippen LogP contribution in [0.3, 0.4) is 0 Å². The van der Waals surface area contributed by atoms with E-state index in [1.807, 2.05) is 32.1 Å². The Morgan fingerprint density at radius 1 is 1.28 bits per heavy atom. The molecule has 1 atom stereocenters. The Morgan fingerprint density at radius 2 is 2.00 bits per heavy atom. The van der Waals surface area contributed by atoms with Crippen LogP contribution >= 0.6 is 11.3 Å². The van der Waals surface area contributed by atoms with E-state index in [2.05, 4.69) is 37.5 Å². The van der Waals surface area contributed by atoms with Gasteiger partial charge in [-0.1, -0.05) is 37.8 Å². The number of benzene rings is 1. The third-order valence-corrected chi connectivity index (χ3v) is 10.9. The first kappa shape index (κ1) is 22.8. The number of sulfone groups is 1. The van der Waals surface area contributed by atoms with E-state index in [-0.39, 0.29) is 11.6 Å². The molecule has 0 bridgehead atoms. The predicted molar refractivity (Wildman–Crippen MR) is 137 cm³/mol. The molecule has 0 amide bonds. The minimum absolute atomic E-state index is 0.0473. The number of rotatable bonds is 3. The molecular formula is C26H30N2O2S2. The van der Waals surface area contributed by atoms with E-state index in [1.165, 1.54) is 15.6 Å². The normalized spacial score (nSPS) is 24.3. The van der Waals surface area contributed by atoms with E-state index in [0.29, 0.717) is 18.4 Å². The molecule has 0 unspecified atom stereocenters. The third-order valence-electron chi connectivity index (χ3n) is 6.93. The van der Waals surface area contributed by atoms with Gasteiger partial charge in [0.25, 0.3) is 0 Å². The lowest BCUT2D eigenvalue weighted by atomic mass is 9.86. The SMILES string of the molecule is C=C(/C=C\c1sc2ccc(C#CC)cc2c1C)[C@]1(C)CS(=O)(=O)C2(CCCCC2)C(N)=N1. The first-order chi connectivity index (χ1) is 15.1. The molecule has 32 heavy (non-hydrogen) atoms. The molecule has 1 aliphatic carbocycles. The lowest BCUT2D eigenvalue weighted by Gasteiger charge is -2.43. The summed E-state index contributed by atoms with van der Waals surface area (Å²) in [6.45, 7) is 9.95. The van der Waals surface area contributed by atoms with Crippen molar-refractivity contribution in [3.05, 3.63) is 52.4 Å². The van der Waals surface area contributed by atoms with Crippen LogP contribution in [0.4, 0.5) is 0 Å². The Bertz CT molecular complexity index is 1310. The number of hydrogen-bond donors (Lipinski definition) is 1. The summed E-state index contributed by atoms with van der Waals surface area (Å²) in [5.41, 5.74) is 8.24. The van der Waals surface area contributed by atoms with Gasteiger partial charge >= 0.3 is 0 Å². The molecule has 1 spiro atoms. The molecule has 2 aromatic rings. The molecule has 1 fully saturated rings. The molecular weight excluding hydrogens is 436 g/mol. The van der Waals surface area contributed by atoms with Crippen LogP contribution in [0.2, 0.25) is 0 Å². The Morgan fingerprint density at radius 3 is 2.66 bits per heavy atom. The molecule has 4 nitrogen and oxygen atoms in total. The van der Waals surface area contributed by atoms with Crippen molar-refractivity contribution in [1.82, 2.24) is 0 Å². The van der Waals surface area contributed by atoms with Gasteiger partial charge in [0.1, 0.15) is 10.6 Å². The van der Waals surface area contributed by atoms with Crippen molar-refractivity contribution in [3.63, 3.8) is 0 Å². The van der Waals surface area contributed by atoms with Crippen molar-refractivity contribution in [1.29, 1.82) is 0 Å². The van der Waals surface area contributed by atoms with Gasteiger partial charge < -0.3 is 5.73 Å². The van der Waals surface area contributed by atoms with E-state index >= 15 is 0 Å². The van der Waals surface area contributed by atoms with E-state index in [4.69, 9.17) is 10.7 Å². The van der Waals surface area contributed by atoms with Gasteiger partial charge in [-0.25, -0.2) is 8.42 Å². The fourth-order valence-electron chi connectivity index (χ4n) is 4.90. The number of fused-ring (bicyclic) bond motifs is 1. The van der Waals surface area contributed by atoms with E-state index in [1.54, 1.807) is 11.3 Å². The van der Waals surface area contributed by atoms with Gasteiger partial charge in [0.05, 0.1) is 11.3 Å². The average molecular weight is 467 g/mol. The molecule has 2 aliphatic rings. The van der Waals surface area contributed by atoms with Gasteiger partial charge in [0, 0.05) is 15.1 Å². The predicted octanol–water partition coefficient (Wildman–Crippen LogP) is 5.40. The van der Waals surface area contributed by atoms with Crippen LogP contribution in [0.25, 0.3) is 16.2 Å². The van der Waals surface area contributed by atoms with Crippen LogP contribution in [-0.2, 0) is 9.84 Å². The summed E-state index contributed by atoms with van der Waals surface area (Å²) in [7, 11) is -3.43. The zero-order valence-electron chi connectivity index (χ0n) is 19.0. The summed E-state index contributed by atoms with van der Waals surface area (Å²) < 4.78 is 27.0. The fraction of sp³-hybridized carbons (Fsp3) is 0.423. The number of amidine groups is 1. The number of aryl methyl sites for hydroxylation is 1. The Balaban J connectivity index is 1.65. The minimum atomic E-state index is -3.43. The van der Waals surface area contributed by atoms with Crippen molar-refractivity contribution in [2.75, 3.05) is 5.75 Å². The van der Waals surface area contributed by atoms with Crippen molar-refractivity contribution in [2.24, 2.45) is 10.7 Å². The van der Waals surface area contributed by atoms with Gasteiger partial charge in [-0.3, -0.25) is 4.99 Å². The summed E-state index contributed by atoms with van der Waals surface area (Å²) in [4.78, 5) is 5.87. The number of hydrogen-bond acceptors (Lipinski definition) is 5. The smallest absolute Gasteiger partial charge is 0.165 e. The molecule has 1 saturated carbocycles. The molecule has 4 rings (SSSR count). The molecule has 6 heteroatoms.